The van der Waals surface area contributed by atoms with E-state index in [1.165, 1.54) is 32.2 Å². The molecular formula is C11H13FN2O2. The molecule has 1 unspecified atom stereocenters. The molecule has 0 radical (unpaired) electrons. The molecule has 0 aliphatic rings. The maximum Gasteiger partial charge on any atom is 0.254 e. The molecule has 1 aromatic carbocycles. The number of carbonyl (C=O) groups is 2. The second kappa shape index (κ2) is 5.25. The van der Waals surface area contributed by atoms with Crippen LogP contribution in [-0.2, 0) is 4.79 Å². The van der Waals surface area contributed by atoms with Crippen molar-refractivity contribution in [3.63, 3.8) is 0 Å². The summed E-state index contributed by atoms with van der Waals surface area (Å²) in [6.07, 6.45) is 0. The van der Waals surface area contributed by atoms with Crippen LogP contribution < -0.4 is 10.6 Å². The van der Waals surface area contributed by atoms with Gasteiger partial charge in [0.15, 0.2) is 0 Å². The molecule has 1 aromatic rings. The lowest BCUT2D eigenvalue weighted by Gasteiger charge is -2.12. The predicted octanol–water partition coefficient (Wildman–Crippen LogP) is 0.690. The highest BCUT2D eigenvalue weighted by Gasteiger charge is 2.17. The van der Waals surface area contributed by atoms with Crippen molar-refractivity contribution in [2.45, 2.75) is 13.0 Å². The van der Waals surface area contributed by atoms with Crippen LogP contribution in [0, 0.1) is 5.82 Å². The number of benzene rings is 1. The van der Waals surface area contributed by atoms with Crippen LogP contribution in [0.1, 0.15) is 17.3 Å². The fraction of sp³-hybridized carbons (Fsp3) is 0.273. The molecule has 2 N–H and O–H groups in total. The maximum atomic E-state index is 13.2. The number of halogens is 1. The van der Waals surface area contributed by atoms with Crippen molar-refractivity contribution in [1.82, 2.24) is 10.6 Å². The van der Waals surface area contributed by atoms with Gasteiger partial charge in [-0.1, -0.05) is 12.1 Å². The summed E-state index contributed by atoms with van der Waals surface area (Å²) in [5.74, 6) is -1.54. The molecule has 0 bridgehead atoms. The first kappa shape index (κ1) is 12.2. The van der Waals surface area contributed by atoms with Crippen molar-refractivity contribution in [2.24, 2.45) is 0 Å². The summed E-state index contributed by atoms with van der Waals surface area (Å²) in [4.78, 5) is 22.7. The molecule has 0 aliphatic heterocycles. The Bertz CT molecular complexity index is 407. The zero-order valence-electron chi connectivity index (χ0n) is 9.08. The van der Waals surface area contributed by atoms with Crippen LogP contribution in [0.15, 0.2) is 24.3 Å². The van der Waals surface area contributed by atoms with Crippen LogP contribution in [-0.4, -0.2) is 24.9 Å². The Balaban J connectivity index is 2.73. The van der Waals surface area contributed by atoms with Crippen molar-refractivity contribution < 1.29 is 14.0 Å². The normalized spacial score (nSPS) is 11.7. The van der Waals surface area contributed by atoms with Crippen LogP contribution >= 0.6 is 0 Å². The van der Waals surface area contributed by atoms with Crippen LogP contribution in [0.5, 0.6) is 0 Å². The largest absolute Gasteiger partial charge is 0.357 e. The lowest BCUT2D eigenvalue weighted by Crippen LogP contribution is -2.43. The van der Waals surface area contributed by atoms with E-state index in [9.17, 15) is 14.0 Å². The van der Waals surface area contributed by atoms with E-state index in [0.717, 1.165) is 0 Å². The molecule has 0 heterocycles. The van der Waals surface area contributed by atoms with Gasteiger partial charge in [-0.15, -0.1) is 0 Å². The molecule has 2 amide bonds. The summed E-state index contributed by atoms with van der Waals surface area (Å²) in [7, 11) is 1.47. The van der Waals surface area contributed by atoms with Crippen LogP contribution in [0.4, 0.5) is 4.39 Å². The smallest absolute Gasteiger partial charge is 0.254 e. The third-order valence-corrected chi connectivity index (χ3v) is 2.11. The van der Waals surface area contributed by atoms with Gasteiger partial charge in [-0.2, -0.15) is 0 Å². The monoisotopic (exact) mass is 224 g/mol. The molecule has 0 aromatic heterocycles. The van der Waals surface area contributed by atoms with Gasteiger partial charge in [-0.25, -0.2) is 4.39 Å². The number of hydrogen-bond donors (Lipinski definition) is 2. The van der Waals surface area contributed by atoms with Gasteiger partial charge in [0.25, 0.3) is 5.91 Å². The van der Waals surface area contributed by atoms with Crippen molar-refractivity contribution in [1.29, 1.82) is 0 Å². The first-order valence-corrected chi connectivity index (χ1v) is 4.83. The molecule has 0 saturated carbocycles. The highest BCUT2D eigenvalue weighted by molar-refractivity contribution is 5.97. The Morgan fingerprint density at radius 3 is 2.50 bits per heavy atom. The van der Waals surface area contributed by atoms with Crippen LogP contribution in [0.3, 0.4) is 0 Å². The number of hydrogen-bond acceptors (Lipinski definition) is 2. The lowest BCUT2D eigenvalue weighted by atomic mass is 10.2. The number of amides is 2. The Morgan fingerprint density at radius 1 is 1.31 bits per heavy atom. The zero-order chi connectivity index (χ0) is 12.1. The second-order valence-corrected chi connectivity index (χ2v) is 3.29. The van der Waals surface area contributed by atoms with Gasteiger partial charge in [-0.05, 0) is 19.1 Å². The minimum absolute atomic E-state index is 0.0711. The molecule has 0 fully saturated rings. The average molecular weight is 224 g/mol. The van der Waals surface area contributed by atoms with Crippen molar-refractivity contribution in [3.05, 3.63) is 35.6 Å². The van der Waals surface area contributed by atoms with Crippen molar-refractivity contribution in [2.75, 3.05) is 7.05 Å². The summed E-state index contributed by atoms with van der Waals surface area (Å²) in [6, 6.07) is 4.91. The van der Waals surface area contributed by atoms with Crippen molar-refractivity contribution >= 4 is 11.8 Å². The summed E-state index contributed by atoms with van der Waals surface area (Å²) >= 11 is 0. The molecule has 1 atom stereocenters. The summed E-state index contributed by atoms with van der Waals surface area (Å²) in [6.45, 7) is 1.53. The molecule has 0 saturated heterocycles. The minimum atomic E-state index is -0.697. The SMILES string of the molecule is CNC(=O)C(C)NC(=O)c1ccccc1F. The third kappa shape index (κ3) is 2.79. The minimum Gasteiger partial charge on any atom is -0.357 e. The average Bonchev–Trinajstić information content (AvgIpc) is 2.28. The summed E-state index contributed by atoms with van der Waals surface area (Å²) < 4.78 is 13.2. The van der Waals surface area contributed by atoms with E-state index < -0.39 is 17.8 Å². The van der Waals surface area contributed by atoms with E-state index in [4.69, 9.17) is 0 Å². The first-order chi connectivity index (χ1) is 7.56. The van der Waals surface area contributed by atoms with Gasteiger partial charge in [0, 0.05) is 7.05 Å². The highest BCUT2D eigenvalue weighted by atomic mass is 19.1. The Labute approximate surface area is 92.8 Å². The van der Waals surface area contributed by atoms with Gasteiger partial charge in [0.2, 0.25) is 5.91 Å². The van der Waals surface area contributed by atoms with Gasteiger partial charge in [-0.3, -0.25) is 9.59 Å². The summed E-state index contributed by atoms with van der Waals surface area (Å²) in [5, 5.41) is 4.79. The van der Waals surface area contributed by atoms with Gasteiger partial charge < -0.3 is 10.6 Å². The number of likely N-dealkylation sites (N-methyl/N-ethyl adjacent to an activating group) is 1. The van der Waals surface area contributed by atoms with Gasteiger partial charge in [0.1, 0.15) is 11.9 Å². The fourth-order valence-electron chi connectivity index (χ4n) is 1.20. The van der Waals surface area contributed by atoms with E-state index in [1.807, 2.05) is 0 Å². The van der Waals surface area contributed by atoms with Gasteiger partial charge >= 0.3 is 0 Å². The second-order valence-electron chi connectivity index (χ2n) is 3.29. The molecule has 4 nitrogen and oxygen atoms in total. The van der Waals surface area contributed by atoms with Gasteiger partial charge in [0.05, 0.1) is 5.56 Å². The van der Waals surface area contributed by atoms with E-state index >= 15 is 0 Å². The highest BCUT2D eigenvalue weighted by Crippen LogP contribution is 2.06. The topological polar surface area (TPSA) is 58.2 Å². The Kier molecular flexibility index (Phi) is 3.99. The van der Waals surface area contributed by atoms with E-state index in [1.54, 1.807) is 6.07 Å². The van der Waals surface area contributed by atoms with E-state index in [0.29, 0.717) is 0 Å². The van der Waals surface area contributed by atoms with Crippen molar-refractivity contribution in [3.8, 4) is 0 Å². The Morgan fingerprint density at radius 2 is 1.94 bits per heavy atom. The fourth-order valence-corrected chi connectivity index (χ4v) is 1.20. The van der Waals surface area contributed by atoms with Crippen LogP contribution in [0.25, 0.3) is 0 Å². The number of rotatable bonds is 3. The number of nitrogens with one attached hydrogen (secondary N) is 2. The van der Waals surface area contributed by atoms with E-state index in [-0.39, 0.29) is 11.5 Å². The molecule has 5 heteroatoms. The number of carbonyl (C=O) groups excluding carboxylic acids is 2. The Hall–Kier alpha value is -1.91. The zero-order valence-corrected chi connectivity index (χ0v) is 9.08. The quantitative estimate of drug-likeness (QED) is 0.793. The molecular weight excluding hydrogens is 211 g/mol. The van der Waals surface area contributed by atoms with E-state index in [2.05, 4.69) is 10.6 Å². The molecule has 16 heavy (non-hydrogen) atoms. The molecule has 0 aliphatic carbocycles. The molecule has 0 spiro atoms. The first-order valence-electron chi connectivity index (χ1n) is 4.83. The molecule has 86 valence electrons. The predicted molar refractivity (Wildman–Crippen MR) is 57.4 cm³/mol. The molecule has 1 rings (SSSR count). The third-order valence-electron chi connectivity index (χ3n) is 2.11. The standard InChI is InChI=1S/C11H13FN2O2/c1-7(10(15)13-2)14-11(16)8-5-3-4-6-9(8)12/h3-7H,1-2H3,(H,13,15)(H,14,16). The maximum absolute atomic E-state index is 13.2. The summed E-state index contributed by atoms with van der Waals surface area (Å²) in [5.41, 5.74) is -0.0711. The van der Waals surface area contributed by atoms with Crippen LogP contribution in [0.2, 0.25) is 0 Å². The lowest BCUT2D eigenvalue weighted by molar-refractivity contribution is -0.122.